The van der Waals surface area contributed by atoms with Gasteiger partial charge < -0.3 is 14.7 Å². The maximum Gasteiger partial charge on any atom is 0.326 e. The fraction of sp³-hybridized carbons (Fsp3) is 0.467. The monoisotopic (exact) mass is 295 g/mol. The number of nitrogens with zero attached hydrogens (tertiary/aromatic N) is 1. The Bertz CT molecular complexity index is 546. The summed E-state index contributed by atoms with van der Waals surface area (Å²) in [4.78, 5) is 24.8. The second-order valence-electron chi connectivity index (χ2n) is 5.08. The average molecular weight is 295 g/mol. The van der Waals surface area contributed by atoms with Gasteiger partial charge in [0.2, 0.25) is 5.91 Å². The third-order valence-electron chi connectivity index (χ3n) is 3.68. The molecule has 1 aromatic rings. The van der Waals surface area contributed by atoms with Crippen molar-refractivity contribution >= 4 is 11.9 Å². The fourth-order valence-corrected chi connectivity index (χ4v) is 2.58. The Hall–Kier alpha value is -2.11. The summed E-state index contributed by atoms with van der Waals surface area (Å²) in [6.07, 6.45) is 2.06. The van der Waals surface area contributed by atoms with Crippen LogP contribution in [-0.4, -0.2) is 41.6 Å². The van der Waals surface area contributed by atoms with Crippen molar-refractivity contribution in [1.82, 2.24) is 4.90 Å². The number of benzene rings is 1. The number of hydrogen-bond acceptors (Lipinski definition) is 3. The van der Waals surface area contributed by atoms with Crippen molar-refractivity contribution in [1.29, 1.82) is 0 Å². The van der Waals surface area contributed by atoms with Gasteiger partial charge in [-0.05, 0) is 37.0 Å². The van der Waals surface area contributed by atoms with Crippen LogP contribution in [0.3, 0.4) is 0 Å². The molecule has 0 radical (unpaired) electrons. The third-order valence-corrected chi connectivity index (χ3v) is 3.68. The zero-order chi connectivity index (χ0) is 15.4. The van der Waals surface area contributed by atoms with Crippen LogP contribution in [-0.2, 0) is 16.0 Å². The highest BCUT2D eigenvalue weighted by atomic mass is 19.1. The molecule has 0 aromatic heterocycles. The van der Waals surface area contributed by atoms with E-state index in [0.717, 1.165) is 12.8 Å². The van der Waals surface area contributed by atoms with Gasteiger partial charge in [0, 0.05) is 6.54 Å². The first-order valence-corrected chi connectivity index (χ1v) is 6.87. The van der Waals surface area contributed by atoms with Crippen molar-refractivity contribution in [2.45, 2.75) is 31.7 Å². The molecule has 1 amide bonds. The predicted molar refractivity (Wildman–Crippen MR) is 73.6 cm³/mol. The number of piperidine rings is 1. The number of aliphatic carboxylic acids is 1. The van der Waals surface area contributed by atoms with Crippen molar-refractivity contribution in [2.24, 2.45) is 0 Å². The van der Waals surface area contributed by atoms with E-state index in [4.69, 9.17) is 9.84 Å². The van der Waals surface area contributed by atoms with E-state index in [9.17, 15) is 14.0 Å². The minimum absolute atomic E-state index is 0.00923. The van der Waals surface area contributed by atoms with E-state index >= 15 is 0 Å². The fourth-order valence-electron chi connectivity index (χ4n) is 2.58. The molecule has 0 spiro atoms. The number of carboxylic acids is 1. The number of rotatable bonds is 4. The Balaban J connectivity index is 2.09. The lowest BCUT2D eigenvalue weighted by Crippen LogP contribution is -2.48. The summed E-state index contributed by atoms with van der Waals surface area (Å²) in [5.41, 5.74) is 0.507. The molecule has 1 atom stereocenters. The molecule has 1 fully saturated rings. The number of carbonyl (C=O) groups excluding carboxylic acids is 1. The average Bonchev–Trinajstić information content (AvgIpc) is 2.47. The second kappa shape index (κ2) is 6.56. The van der Waals surface area contributed by atoms with Gasteiger partial charge in [-0.3, -0.25) is 4.79 Å². The van der Waals surface area contributed by atoms with Crippen molar-refractivity contribution in [3.63, 3.8) is 0 Å². The molecule has 1 saturated heterocycles. The van der Waals surface area contributed by atoms with E-state index < -0.39 is 17.8 Å². The SMILES string of the molecule is COc1ccc(CC(=O)N2CCCC[C@H]2C(=O)O)cc1F. The summed E-state index contributed by atoms with van der Waals surface area (Å²) >= 11 is 0. The number of carbonyl (C=O) groups is 2. The summed E-state index contributed by atoms with van der Waals surface area (Å²) in [5, 5.41) is 9.17. The molecule has 114 valence electrons. The maximum absolute atomic E-state index is 13.6. The van der Waals surface area contributed by atoms with Crippen LogP contribution in [0.5, 0.6) is 5.75 Å². The number of amides is 1. The van der Waals surface area contributed by atoms with Crippen LogP contribution in [0.4, 0.5) is 4.39 Å². The highest BCUT2D eigenvalue weighted by Gasteiger charge is 2.31. The topological polar surface area (TPSA) is 66.8 Å². The molecular weight excluding hydrogens is 277 g/mol. The highest BCUT2D eigenvalue weighted by molar-refractivity contribution is 5.85. The molecule has 1 aliphatic rings. The first kappa shape index (κ1) is 15.3. The lowest BCUT2D eigenvalue weighted by Gasteiger charge is -2.33. The minimum Gasteiger partial charge on any atom is -0.494 e. The molecule has 5 nitrogen and oxygen atoms in total. The number of methoxy groups -OCH3 is 1. The molecule has 1 N–H and O–H groups in total. The summed E-state index contributed by atoms with van der Waals surface area (Å²) in [7, 11) is 1.37. The predicted octanol–water partition coefficient (Wildman–Crippen LogP) is 1.84. The Morgan fingerprint density at radius 1 is 1.43 bits per heavy atom. The summed E-state index contributed by atoms with van der Waals surface area (Å²) in [6.45, 7) is 0.439. The van der Waals surface area contributed by atoms with Crippen LogP contribution in [0.15, 0.2) is 18.2 Å². The Morgan fingerprint density at radius 2 is 2.19 bits per heavy atom. The van der Waals surface area contributed by atoms with Crippen LogP contribution >= 0.6 is 0 Å². The van der Waals surface area contributed by atoms with Crippen molar-refractivity contribution in [2.75, 3.05) is 13.7 Å². The summed E-state index contributed by atoms with van der Waals surface area (Å²) in [6, 6.07) is 3.55. The number of hydrogen-bond donors (Lipinski definition) is 1. The maximum atomic E-state index is 13.6. The Kier molecular flexibility index (Phi) is 4.77. The number of likely N-dealkylation sites (tertiary alicyclic amines) is 1. The Labute approximate surface area is 122 Å². The van der Waals surface area contributed by atoms with Crippen LogP contribution < -0.4 is 4.74 Å². The number of ether oxygens (including phenoxy) is 1. The van der Waals surface area contributed by atoms with Crippen LogP contribution in [0.1, 0.15) is 24.8 Å². The molecular formula is C15H18FNO4. The highest BCUT2D eigenvalue weighted by Crippen LogP contribution is 2.21. The lowest BCUT2D eigenvalue weighted by atomic mass is 10.0. The van der Waals surface area contributed by atoms with Crippen LogP contribution in [0.2, 0.25) is 0 Å². The zero-order valence-corrected chi connectivity index (χ0v) is 11.8. The van der Waals surface area contributed by atoms with Crippen molar-refractivity contribution in [3.8, 4) is 5.75 Å². The van der Waals surface area contributed by atoms with Gasteiger partial charge in [-0.15, -0.1) is 0 Å². The summed E-state index contributed by atoms with van der Waals surface area (Å²) < 4.78 is 18.4. The van der Waals surface area contributed by atoms with E-state index in [1.54, 1.807) is 6.07 Å². The molecule has 1 aliphatic heterocycles. The standard InChI is InChI=1S/C15H18FNO4/c1-21-13-6-5-10(8-11(13)16)9-14(18)17-7-3-2-4-12(17)15(19)20/h5-6,8,12H,2-4,7,9H2,1H3,(H,19,20)/t12-/m0/s1. The minimum atomic E-state index is -0.982. The molecule has 1 heterocycles. The summed E-state index contributed by atoms with van der Waals surface area (Å²) in [5.74, 6) is -1.68. The number of carboxylic acid groups (broad SMARTS) is 1. The molecule has 0 aliphatic carbocycles. The number of halogens is 1. The molecule has 1 aromatic carbocycles. The molecule has 2 rings (SSSR count). The molecule has 0 unspecified atom stereocenters. The molecule has 6 heteroatoms. The largest absolute Gasteiger partial charge is 0.494 e. The smallest absolute Gasteiger partial charge is 0.326 e. The van der Waals surface area contributed by atoms with E-state index in [2.05, 4.69) is 0 Å². The molecule has 21 heavy (non-hydrogen) atoms. The van der Waals surface area contributed by atoms with Crippen molar-refractivity contribution in [3.05, 3.63) is 29.6 Å². The van der Waals surface area contributed by atoms with Crippen molar-refractivity contribution < 1.29 is 23.8 Å². The third kappa shape index (κ3) is 3.51. The van der Waals surface area contributed by atoms with E-state index in [1.165, 1.54) is 24.1 Å². The van der Waals surface area contributed by atoms with Gasteiger partial charge in [-0.25, -0.2) is 9.18 Å². The first-order chi connectivity index (χ1) is 10.0. The molecule has 0 bridgehead atoms. The van der Waals surface area contributed by atoms with Gasteiger partial charge in [0.1, 0.15) is 6.04 Å². The molecule has 0 saturated carbocycles. The van der Waals surface area contributed by atoms with E-state index in [-0.39, 0.29) is 18.1 Å². The van der Waals surface area contributed by atoms with Crippen LogP contribution in [0.25, 0.3) is 0 Å². The zero-order valence-electron chi connectivity index (χ0n) is 11.8. The van der Waals surface area contributed by atoms with Gasteiger partial charge in [-0.2, -0.15) is 0 Å². The first-order valence-electron chi connectivity index (χ1n) is 6.87. The van der Waals surface area contributed by atoms with Gasteiger partial charge in [-0.1, -0.05) is 6.07 Å². The van der Waals surface area contributed by atoms with Gasteiger partial charge in [0.25, 0.3) is 0 Å². The van der Waals surface area contributed by atoms with E-state index in [0.29, 0.717) is 18.5 Å². The Morgan fingerprint density at radius 3 is 2.81 bits per heavy atom. The van der Waals surface area contributed by atoms with E-state index in [1.807, 2.05) is 0 Å². The lowest BCUT2D eigenvalue weighted by molar-refractivity contribution is -0.151. The van der Waals surface area contributed by atoms with Gasteiger partial charge in [0.05, 0.1) is 13.5 Å². The second-order valence-corrected chi connectivity index (χ2v) is 5.08. The van der Waals surface area contributed by atoms with Gasteiger partial charge in [0.15, 0.2) is 11.6 Å². The van der Waals surface area contributed by atoms with Gasteiger partial charge >= 0.3 is 5.97 Å². The quantitative estimate of drug-likeness (QED) is 0.920. The van der Waals surface area contributed by atoms with Crippen LogP contribution in [0, 0.1) is 5.82 Å². The normalized spacial score (nSPS) is 18.4.